The lowest BCUT2D eigenvalue weighted by molar-refractivity contribution is -0.128. The van der Waals surface area contributed by atoms with Gasteiger partial charge in [0, 0.05) is 20.1 Å². The second kappa shape index (κ2) is 4.99. The highest BCUT2D eigenvalue weighted by molar-refractivity contribution is 5.94. The van der Waals surface area contributed by atoms with Gasteiger partial charge in [-0.25, -0.2) is 4.79 Å². The third-order valence-electron chi connectivity index (χ3n) is 3.56. The zero-order valence-electron chi connectivity index (χ0n) is 11.3. The molecule has 2 rings (SSSR count). The molecule has 2 N–H and O–H groups in total. The standard InChI is InChI=1S/C13H16N2O5/c1-13(12(19)14-2)5-6-15(7-13)10(16)8-3-4-9(20-8)11(17)18/h3-4H,5-7H2,1-2H3,(H,14,19)(H,17,18). The molecule has 0 aromatic carbocycles. The largest absolute Gasteiger partial charge is 0.475 e. The highest BCUT2D eigenvalue weighted by Crippen LogP contribution is 2.31. The third-order valence-corrected chi connectivity index (χ3v) is 3.56. The summed E-state index contributed by atoms with van der Waals surface area (Å²) in [6, 6.07) is 2.57. The average Bonchev–Trinajstić information content (AvgIpc) is 3.04. The van der Waals surface area contributed by atoms with Gasteiger partial charge in [0.05, 0.1) is 5.41 Å². The van der Waals surface area contributed by atoms with Crippen molar-refractivity contribution in [1.82, 2.24) is 10.2 Å². The number of rotatable bonds is 3. The molecule has 7 heteroatoms. The fraction of sp³-hybridized carbons (Fsp3) is 0.462. The third kappa shape index (κ3) is 2.38. The van der Waals surface area contributed by atoms with Crippen LogP contribution in [0.4, 0.5) is 0 Å². The normalized spacial score (nSPS) is 21.8. The van der Waals surface area contributed by atoms with Crippen molar-refractivity contribution in [3.63, 3.8) is 0 Å². The van der Waals surface area contributed by atoms with Gasteiger partial charge in [-0.15, -0.1) is 0 Å². The summed E-state index contributed by atoms with van der Waals surface area (Å²) in [5, 5.41) is 11.3. The second-order valence-corrected chi connectivity index (χ2v) is 5.09. The quantitative estimate of drug-likeness (QED) is 0.843. The van der Waals surface area contributed by atoms with Crippen LogP contribution >= 0.6 is 0 Å². The summed E-state index contributed by atoms with van der Waals surface area (Å²) < 4.78 is 4.98. The van der Waals surface area contributed by atoms with Gasteiger partial charge >= 0.3 is 5.97 Å². The van der Waals surface area contributed by atoms with Crippen LogP contribution in [0.15, 0.2) is 16.5 Å². The summed E-state index contributed by atoms with van der Waals surface area (Å²) in [5.74, 6) is -2.03. The Balaban J connectivity index is 2.11. The molecule has 0 saturated carbocycles. The molecule has 108 valence electrons. The fourth-order valence-corrected chi connectivity index (χ4v) is 2.35. The van der Waals surface area contributed by atoms with Gasteiger partial charge in [0.25, 0.3) is 5.91 Å². The molecule has 1 aliphatic heterocycles. The lowest BCUT2D eigenvalue weighted by atomic mass is 9.89. The first-order valence-electron chi connectivity index (χ1n) is 6.22. The van der Waals surface area contributed by atoms with Crippen molar-refractivity contribution in [2.45, 2.75) is 13.3 Å². The number of carboxylic acid groups (broad SMARTS) is 1. The minimum Gasteiger partial charge on any atom is -0.475 e. The molecule has 0 aliphatic carbocycles. The molecule has 1 aromatic heterocycles. The Hall–Kier alpha value is -2.31. The number of carbonyl (C=O) groups excluding carboxylic acids is 2. The van der Waals surface area contributed by atoms with E-state index >= 15 is 0 Å². The maximum Gasteiger partial charge on any atom is 0.371 e. The van der Waals surface area contributed by atoms with Crippen LogP contribution in [0.3, 0.4) is 0 Å². The Bertz CT molecular complexity index is 565. The Morgan fingerprint density at radius 3 is 2.55 bits per heavy atom. The van der Waals surface area contributed by atoms with Gasteiger partial charge in [-0.2, -0.15) is 0 Å². The van der Waals surface area contributed by atoms with Gasteiger partial charge in [-0.05, 0) is 25.5 Å². The van der Waals surface area contributed by atoms with Crippen LogP contribution in [-0.4, -0.2) is 47.9 Å². The van der Waals surface area contributed by atoms with E-state index < -0.39 is 17.3 Å². The summed E-state index contributed by atoms with van der Waals surface area (Å²) in [5.41, 5.74) is -0.618. The van der Waals surface area contributed by atoms with E-state index in [2.05, 4.69) is 5.32 Å². The molecule has 1 atom stereocenters. The molecule has 2 heterocycles. The first-order valence-corrected chi connectivity index (χ1v) is 6.22. The monoisotopic (exact) mass is 280 g/mol. The van der Waals surface area contributed by atoms with Gasteiger partial charge in [0.2, 0.25) is 11.7 Å². The van der Waals surface area contributed by atoms with Crippen molar-refractivity contribution in [2.75, 3.05) is 20.1 Å². The summed E-state index contributed by atoms with van der Waals surface area (Å²) in [6.07, 6.45) is 0.560. The van der Waals surface area contributed by atoms with Crippen molar-refractivity contribution in [3.05, 3.63) is 23.7 Å². The van der Waals surface area contributed by atoms with Crippen molar-refractivity contribution in [1.29, 1.82) is 0 Å². The molecule has 0 radical (unpaired) electrons. The minimum absolute atomic E-state index is 0.0245. The topological polar surface area (TPSA) is 99.9 Å². The number of nitrogens with one attached hydrogen (secondary N) is 1. The zero-order valence-corrected chi connectivity index (χ0v) is 11.3. The molecule has 1 saturated heterocycles. The average molecular weight is 280 g/mol. The van der Waals surface area contributed by atoms with E-state index in [1.54, 1.807) is 14.0 Å². The van der Waals surface area contributed by atoms with E-state index in [-0.39, 0.29) is 24.0 Å². The predicted octanol–water partition coefficient (Wildman–Crippen LogP) is 0.576. The molecule has 0 spiro atoms. The van der Waals surface area contributed by atoms with Crippen LogP contribution in [-0.2, 0) is 4.79 Å². The lowest BCUT2D eigenvalue weighted by Gasteiger charge is -2.22. The Morgan fingerprint density at radius 1 is 1.35 bits per heavy atom. The predicted molar refractivity (Wildman–Crippen MR) is 68.4 cm³/mol. The van der Waals surface area contributed by atoms with Crippen LogP contribution in [0.25, 0.3) is 0 Å². The molecular weight excluding hydrogens is 264 g/mol. The number of hydrogen-bond acceptors (Lipinski definition) is 4. The first kappa shape index (κ1) is 14.1. The minimum atomic E-state index is -1.22. The van der Waals surface area contributed by atoms with E-state index in [1.807, 2.05) is 0 Å². The maximum absolute atomic E-state index is 12.2. The number of carbonyl (C=O) groups is 3. The first-order chi connectivity index (χ1) is 9.37. The van der Waals surface area contributed by atoms with Crippen molar-refractivity contribution < 1.29 is 23.9 Å². The molecule has 1 aliphatic rings. The molecule has 1 fully saturated rings. The number of aromatic carboxylic acids is 1. The molecule has 7 nitrogen and oxygen atoms in total. The number of amides is 2. The number of likely N-dealkylation sites (tertiary alicyclic amines) is 1. The number of hydrogen-bond donors (Lipinski definition) is 2. The Kier molecular flexibility index (Phi) is 3.52. The maximum atomic E-state index is 12.2. The van der Waals surface area contributed by atoms with E-state index in [4.69, 9.17) is 9.52 Å². The van der Waals surface area contributed by atoms with Gasteiger partial charge < -0.3 is 19.7 Å². The summed E-state index contributed by atoms with van der Waals surface area (Å²) in [6.45, 7) is 2.52. The molecule has 1 aromatic rings. The van der Waals surface area contributed by atoms with Gasteiger partial charge in [0.1, 0.15) is 0 Å². The number of carboxylic acids is 1. The highest BCUT2D eigenvalue weighted by Gasteiger charge is 2.42. The smallest absolute Gasteiger partial charge is 0.371 e. The van der Waals surface area contributed by atoms with Crippen LogP contribution in [0, 0.1) is 5.41 Å². The summed E-state index contributed by atoms with van der Waals surface area (Å²) >= 11 is 0. The van der Waals surface area contributed by atoms with Gasteiger partial charge in [-0.1, -0.05) is 0 Å². The van der Waals surface area contributed by atoms with Gasteiger partial charge in [0.15, 0.2) is 5.76 Å². The molecule has 2 amide bonds. The Morgan fingerprint density at radius 2 is 2.00 bits per heavy atom. The Labute approximate surface area is 115 Å². The summed E-state index contributed by atoms with van der Waals surface area (Å²) in [7, 11) is 1.56. The molecule has 0 bridgehead atoms. The van der Waals surface area contributed by atoms with Crippen LogP contribution in [0.5, 0.6) is 0 Å². The number of nitrogens with zero attached hydrogens (tertiary/aromatic N) is 1. The zero-order chi connectivity index (χ0) is 14.9. The van der Waals surface area contributed by atoms with Crippen molar-refractivity contribution in [3.8, 4) is 0 Å². The molecule has 20 heavy (non-hydrogen) atoms. The van der Waals surface area contributed by atoms with E-state index in [0.29, 0.717) is 13.0 Å². The van der Waals surface area contributed by atoms with Crippen LogP contribution < -0.4 is 5.32 Å². The SMILES string of the molecule is CNC(=O)C1(C)CCN(C(=O)c2ccc(C(=O)O)o2)C1. The van der Waals surface area contributed by atoms with Gasteiger partial charge in [-0.3, -0.25) is 9.59 Å². The lowest BCUT2D eigenvalue weighted by Crippen LogP contribution is -2.40. The molecule has 1 unspecified atom stereocenters. The van der Waals surface area contributed by atoms with Crippen LogP contribution in [0.2, 0.25) is 0 Å². The fourth-order valence-electron chi connectivity index (χ4n) is 2.35. The molecular formula is C13H16N2O5. The van der Waals surface area contributed by atoms with E-state index in [9.17, 15) is 14.4 Å². The van der Waals surface area contributed by atoms with Crippen LogP contribution in [0.1, 0.15) is 34.5 Å². The highest BCUT2D eigenvalue weighted by atomic mass is 16.4. The van der Waals surface area contributed by atoms with E-state index in [1.165, 1.54) is 17.0 Å². The van der Waals surface area contributed by atoms with Crippen molar-refractivity contribution in [2.24, 2.45) is 5.41 Å². The summed E-state index contributed by atoms with van der Waals surface area (Å²) in [4.78, 5) is 36.2. The second-order valence-electron chi connectivity index (χ2n) is 5.09. The number of furan rings is 1. The van der Waals surface area contributed by atoms with E-state index in [0.717, 1.165) is 0 Å². The van der Waals surface area contributed by atoms with Crippen molar-refractivity contribution >= 4 is 17.8 Å².